The molecule has 1 aliphatic carbocycles. The number of hydrogen-bond acceptors (Lipinski definition) is 2. The first-order chi connectivity index (χ1) is 6.18. The van der Waals surface area contributed by atoms with Gasteiger partial charge in [-0.1, -0.05) is 24.3 Å². The molecule has 2 nitrogen and oxygen atoms in total. The Morgan fingerprint density at radius 3 is 3.15 bits per heavy atom. The Hall–Kier alpha value is -0.600. The molecule has 0 unspecified atom stereocenters. The van der Waals surface area contributed by atoms with Crippen molar-refractivity contribution in [1.82, 2.24) is 5.32 Å². The third-order valence-corrected chi connectivity index (χ3v) is 2.98. The summed E-state index contributed by atoms with van der Waals surface area (Å²) in [5.41, 5.74) is -0.730. The molecule has 0 aromatic rings. The predicted octanol–water partition coefficient (Wildman–Crippen LogP) is 1.23. The van der Waals surface area contributed by atoms with Crippen LogP contribution in [0.5, 0.6) is 0 Å². The van der Waals surface area contributed by atoms with E-state index in [1.54, 1.807) is 0 Å². The summed E-state index contributed by atoms with van der Waals surface area (Å²) in [4.78, 5) is 0. The minimum absolute atomic E-state index is 0.0778. The largest absolute Gasteiger partial charge is 0.384 e. The molecule has 2 aliphatic rings. The smallest absolute Gasteiger partial charge is 0.0987 e. The van der Waals surface area contributed by atoms with Gasteiger partial charge in [0.15, 0.2) is 0 Å². The second kappa shape index (κ2) is 3.28. The number of aliphatic hydroxyl groups is 1. The molecule has 1 heterocycles. The van der Waals surface area contributed by atoms with E-state index in [4.69, 9.17) is 0 Å². The van der Waals surface area contributed by atoms with Crippen molar-refractivity contribution >= 4 is 0 Å². The van der Waals surface area contributed by atoms with Gasteiger partial charge in [-0.15, -0.1) is 0 Å². The molecule has 1 aliphatic heterocycles. The van der Waals surface area contributed by atoms with Gasteiger partial charge < -0.3 is 10.4 Å². The van der Waals surface area contributed by atoms with Crippen molar-refractivity contribution in [3.05, 3.63) is 24.3 Å². The summed E-state index contributed by atoms with van der Waals surface area (Å²) >= 11 is 0. The van der Waals surface area contributed by atoms with E-state index in [0.29, 0.717) is 5.92 Å². The van der Waals surface area contributed by atoms with Crippen molar-refractivity contribution in [2.75, 3.05) is 6.54 Å². The van der Waals surface area contributed by atoms with Crippen LogP contribution in [0.4, 0.5) is 0 Å². The maximum Gasteiger partial charge on any atom is 0.0987 e. The zero-order valence-electron chi connectivity index (χ0n) is 8.03. The molecule has 2 bridgehead atoms. The minimum atomic E-state index is -0.730. The SMILES string of the molecule is C[C@@]1(O)C=CC[C@H]2C=C[C@@H]1NCC2. The van der Waals surface area contributed by atoms with Gasteiger partial charge in [-0.3, -0.25) is 0 Å². The lowest BCUT2D eigenvalue weighted by molar-refractivity contribution is 0.0848. The Bertz CT molecular complexity index is 242. The van der Waals surface area contributed by atoms with Gasteiger partial charge >= 0.3 is 0 Å². The van der Waals surface area contributed by atoms with Crippen LogP contribution in [0.3, 0.4) is 0 Å². The van der Waals surface area contributed by atoms with E-state index in [-0.39, 0.29) is 6.04 Å². The summed E-state index contributed by atoms with van der Waals surface area (Å²) < 4.78 is 0. The van der Waals surface area contributed by atoms with Crippen molar-refractivity contribution in [2.24, 2.45) is 5.92 Å². The maximum atomic E-state index is 10.1. The van der Waals surface area contributed by atoms with Crippen LogP contribution < -0.4 is 5.32 Å². The fourth-order valence-corrected chi connectivity index (χ4v) is 2.04. The van der Waals surface area contributed by atoms with Crippen LogP contribution >= 0.6 is 0 Å². The minimum Gasteiger partial charge on any atom is -0.384 e. The molecular weight excluding hydrogens is 162 g/mol. The van der Waals surface area contributed by atoms with Crippen LogP contribution in [0.15, 0.2) is 24.3 Å². The lowest BCUT2D eigenvalue weighted by atomic mass is 9.91. The molecule has 72 valence electrons. The van der Waals surface area contributed by atoms with Crippen molar-refractivity contribution < 1.29 is 5.11 Å². The summed E-state index contributed by atoms with van der Waals surface area (Å²) in [6.45, 7) is 2.86. The third-order valence-electron chi connectivity index (χ3n) is 2.98. The Balaban J connectivity index is 2.27. The molecule has 2 heteroatoms. The highest BCUT2D eigenvalue weighted by Crippen LogP contribution is 2.23. The Morgan fingerprint density at radius 2 is 2.31 bits per heavy atom. The number of rotatable bonds is 0. The molecular formula is C11H17NO. The zero-order chi connectivity index (χ0) is 9.31. The van der Waals surface area contributed by atoms with Crippen molar-refractivity contribution in [1.29, 1.82) is 0 Å². The van der Waals surface area contributed by atoms with Gasteiger partial charge in [-0.25, -0.2) is 0 Å². The quantitative estimate of drug-likeness (QED) is 0.548. The molecule has 0 saturated carbocycles. The zero-order valence-corrected chi connectivity index (χ0v) is 8.03. The van der Waals surface area contributed by atoms with Gasteiger partial charge in [0.2, 0.25) is 0 Å². The van der Waals surface area contributed by atoms with Gasteiger partial charge in [-0.2, -0.15) is 0 Å². The summed E-state index contributed by atoms with van der Waals surface area (Å²) in [5.74, 6) is 0.657. The van der Waals surface area contributed by atoms with Crippen LogP contribution in [-0.4, -0.2) is 23.3 Å². The molecule has 0 aromatic carbocycles. The van der Waals surface area contributed by atoms with Crippen molar-refractivity contribution in [3.8, 4) is 0 Å². The van der Waals surface area contributed by atoms with Crippen LogP contribution in [0.1, 0.15) is 19.8 Å². The Morgan fingerprint density at radius 1 is 1.46 bits per heavy atom. The molecule has 3 atom stereocenters. The van der Waals surface area contributed by atoms with Gasteiger partial charge in [0.25, 0.3) is 0 Å². The van der Waals surface area contributed by atoms with Crippen LogP contribution in [-0.2, 0) is 0 Å². The highest BCUT2D eigenvalue weighted by molar-refractivity contribution is 5.17. The second-order valence-corrected chi connectivity index (χ2v) is 4.23. The summed E-state index contributed by atoms with van der Waals surface area (Å²) in [6, 6.07) is 0.0778. The number of fused-ring (bicyclic) bond motifs is 2. The van der Waals surface area contributed by atoms with Crippen LogP contribution in [0.25, 0.3) is 0 Å². The van der Waals surface area contributed by atoms with Gasteiger partial charge in [0.1, 0.15) is 0 Å². The monoisotopic (exact) mass is 179 g/mol. The van der Waals surface area contributed by atoms with E-state index in [2.05, 4.69) is 23.5 Å². The lowest BCUT2D eigenvalue weighted by Gasteiger charge is -2.28. The highest BCUT2D eigenvalue weighted by atomic mass is 16.3. The van der Waals surface area contributed by atoms with E-state index in [1.807, 2.05) is 13.0 Å². The molecule has 0 spiro atoms. The van der Waals surface area contributed by atoms with E-state index in [9.17, 15) is 5.11 Å². The molecule has 13 heavy (non-hydrogen) atoms. The average molecular weight is 179 g/mol. The first-order valence-corrected chi connectivity index (χ1v) is 5.00. The molecule has 0 aromatic heterocycles. The van der Waals surface area contributed by atoms with E-state index in [0.717, 1.165) is 13.0 Å². The Labute approximate surface area is 79.3 Å². The predicted molar refractivity (Wildman–Crippen MR) is 53.4 cm³/mol. The first kappa shape index (κ1) is 8.97. The van der Waals surface area contributed by atoms with Crippen LogP contribution in [0.2, 0.25) is 0 Å². The summed E-state index contributed by atoms with van der Waals surface area (Å²) in [6.07, 6.45) is 10.6. The van der Waals surface area contributed by atoms with E-state index < -0.39 is 5.60 Å². The molecule has 0 radical (unpaired) electrons. The van der Waals surface area contributed by atoms with E-state index in [1.165, 1.54) is 6.42 Å². The maximum absolute atomic E-state index is 10.1. The third kappa shape index (κ3) is 1.84. The summed E-state index contributed by atoms with van der Waals surface area (Å²) in [7, 11) is 0. The number of hydrogen-bond donors (Lipinski definition) is 2. The second-order valence-electron chi connectivity index (χ2n) is 4.23. The molecule has 0 saturated heterocycles. The fourth-order valence-electron chi connectivity index (χ4n) is 2.04. The topological polar surface area (TPSA) is 32.3 Å². The van der Waals surface area contributed by atoms with E-state index >= 15 is 0 Å². The number of allylic oxidation sites excluding steroid dienone is 2. The molecule has 2 N–H and O–H groups in total. The lowest BCUT2D eigenvalue weighted by Crippen LogP contribution is -2.46. The van der Waals surface area contributed by atoms with Gasteiger partial charge in [-0.05, 0) is 32.2 Å². The fraction of sp³-hybridized carbons (Fsp3) is 0.636. The van der Waals surface area contributed by atoms with Crippen molar-refractivity contribution in [3.63, 3.8) is 0 Å². The average Bonchev–Trinajstić information content (AvgIpc) is 2.25. The van der Waals surface area contributed by atoms with Crippen LogP contribution in [0, 0.1) is 5.92 Å². The summed E-state index contributed by atoms with van der Waals surface area (Å²) in [5, 5.41) is 13.4. The molecule has 2 rings (SSSR count). The normalized spacial score (nSPS) is 44.2. The molecule has 0 amide bonds. The van der Waals surface area contributed by atoms with Gasteiger partial charge in [0, 0.05) is 0 Å². The number of nitrogens with one attached hydrogen (secondary N) is 1. The first-order valence-electron chi connectivity index (χ1n) is 5.00. The van der Waals surface area contributed by atoms with Gasteiger partial charge in [0.05, 0.1) is 11.6 Å². The highest BCUT2D eigenvalue weighted by Gasteiger charge is 2.29. The Kier molecular flexibility index (Phi) is 2.26. The molecule has 0 fully saturated rings. The van der Waals surface area contributed by atoms with Crippen molar-refractivity contribution in [2.45, 2.75) is 31.4 Å². The standard InChI is InChI=1S/C11H17NO/c1-11(13)7-2-3-9-4-5-10(11)12-8-6-9/h2,4-5,7,9-10,12-13H,3,6,8H2,1H3/t9-,10-,11+/m0/s1.